The topological polar surface area (TPSA) is 53.4 Å². The maximum absolute atomic E-state index is 11.7. The Kier molecular flexibility index (Phi) is 4.29. The minimum Gasteiger partial charge on any atom is -0.493 e. The van der Waals surface area contributed by atoms with E-state index in [0.29, 0.717) is 17.2 Å². The quantitative estimate of drug-likeness (QED) is 0.812. The van der Waals surface area contributed by atoms with Crippen molar-refractivity contribution in [3.63, 3.8) is 0 Å². The molecule has 0 aliphatic rings. The minimum absolute atomic E-state index is 0.0758. The zero-order valence-electron chi connectivity index (χ0n) is 11.5. The van der Waals surface area contributed by atoms with E-state index in [1.54, 1.807) is 31.0 Å². The summed E-state index contributed by atoms with van der Waals surface area (Å²) >= 11 is 5.73. The van der Waals surface area contributed by atoms with Gasteiger partial charge in [-0.3, -0.25) is 4.79 Å². The summed E-state index contributed by atoms with van der Waals surface area (Å²) in [6.07, 6.45) is 0. The van der Waals surface area contributed by atoms with Gasteiger partial charge in [0, 0.05) is 17.8 Å². The molecule has 0 amide bonds. The van der Waals surface area contributed by atoms with Crippen LogP contribution in [0.3, 0.4) is 0 Å². The molecule has 0 saturated heterocycles. The minimum atomic E-state index is -0.158. The second-order valence-corrected chi connectivity index (χ2v) is 4.45. The summed E-state index contributed by atoms with van der Waals surface area (Å²) in [5, 5.41) is 4.27. The van der Waals surface area contributed by atoms with Gasteiger partial charge in [0.05, 0.1) is 25.8 Å². The van der Waals surface area contributed by atoms with Crippen LogP contribution in [-0.2, 0) is 5.88 Å². The lowest BCUT2D eigenvalue weighted by Gasteiger charge is -2.13. The highest BCUT2D eigenvalue weighted by molar-refractivity contribution is 6.16. The standard InChI is InChI=1S/C14H15ClN2O3/c1-9-6-12(18)11(8-15)16-17(9)10-4-5-13(19-2)14(7-10)20-3/h4-7H,8H2,1-3H3. The van der Waals surface area contributed by atoms with Crippen molar-refractivity contribution in [1.82, 2.24) is 9.78 Å². The van der Waals surface area contributed by atoms with E-state index in [9.17, 15) is 4.79 Å². The lowest BCUT2D eigenvalue weighted by atomic mass is 10.2. The third kappa shape index (κ3) is 2.63. The van der Waals surface area contributed by atoms with Gasteiger partial charge in [0.15, 0.2) is 11.5 Å². The molecule has 0 spiro atoms. The van der Waals surface area contributed by atoms with E-state index in [-0.39, 0.29) is 11.3 Å². The first kappa shape index (κ1) is 14.4. The van der Waals surface area contributed by atoms with Gasteiger partial charge in [0.25, 0.3) is 0 Å². The number of hydrogen-bond acceptors (Lipinski definition) is 4. The van der Waals surface area contributed by atoms with Crippen LogP contribution in [0.1, 0.15) is 11.4 Å². The van der Waals surface area contributed by atoms with Crippen molar-refractivity contribution < 1.29 is 9.47 Å². The Morgan fingerprint density at radius 1 is 1.20 bits per heavy atom. The first-order valence-electron chi connectivity index (χ1n) is 5.99. The Morgan fingerprint density at radius 3 is 2.50 bits per heavy atom. The first-order valence-corrected chi connectivity index (χ1v) is 6.52. The van der Waals surface area contributed by atoms with Crippen molar-refractivity contribution in [3.05, 3.63) is 45.9 Å². The van der Waals surface area contributed by atoms with E-state index >= 15 is 0 Å². The molecular formula is C14H15ClN2O3. The Labute approximate surface area is 121 Å². The molecular weight excluding hydrogens is 280 g/mol. The van der Waals surface area contributed by atoms with Crippen LogP contribution in [0, 0.1) is 6.92 Å². The molecule has 6 heteroatoms. The van der Waals surface area contributed by atoms with Crippen molar-refractivity contribution in [3.8, 4) is 17.2 Å². The van der Waals surface area contributed by atoms with Crippen molar-refractivity contribution in [2.75, 3.05) is 14.2 Å². The van der Waals surface area contributed by atoms with E-state index in [2.05, 4.69) is 5.10 Å². The summed E-state index contributed by atoms with van der Waals surface area (Å²) in [7, 11) is 3.14. The molecule has 0 aliphatic heterocycles. The third-order valence-electron chi connectivity index (χ3n) is 2.92. The fourth-order valence-electron chi connectivity index (χ4n) is 1.89. The number of nitrogens with zero attached hydrogens (tertiary/aromatic N) is 2. The Morgan fingerprint density at radius 2 is 1.90 bits per heavy atom. The average Bonchev–Trinajstić information content (AvgIpc) is 2.46. The van der Waals surface area contributed by atoms with Crippen LogP contribution >= 0.6 is 11.6 Å². The Balaban J connectivity index is 2.59. The monoisotopic (exact) mass is 294 g/mol. The van der Waals surface area contributed by atoms with Gasteiger partial charge < -0.3 is 9.47 Å². The van der Waals surface area contributed by atoms with Crippen LogP contribution in [-0.4, -0.2) is 24.0 Å². The van der Waals surface area contributed by atoms with E-state index in [1.165, 1.54) is 6.07 Å². The van der Waals surface area contributed by atoms with Crippen LogP contribution in [0.15, 0.2) is 29.1 Å². The van der Waals surface area contributed by atoms with Gasteiger partial charge in [-0.15, -0.1) is 11.6 Å². The zero-order chi connectivity index (χ0) is 14.7. The molecule has 0 radical (unpaired) electrons. The SMILES string of the molecule is COc1ccc(-n2nc(CCl)c(=O)cc2C)cc1OC. The predicted octanol–water partition coefficient (Wildman–Crippen LogP) is 2.30. The highest BCUT2D eigenvalue weighted by Crippen LogP contribution is 2.29. The highest BCUT2D eigenvalue weighted by atomic mass is 35.5. The molecule has 106 valence electrons. The number of halogens is 1. The summed E-state index contributed by atoms with van der Waals surface area (Å²) in [6.45, 7) is 1.81. The number of hydrogen-bond donors (Lipinski definition) is 0. The van der Waals surface area contributed by atoms with E-state index in [4.69, 9.17) is 21.1 Å². The summed E-state index contributed by atoms with van der Waals surface area (Å²) in [5.74, 6) is 1.30. The molecule has 1 heterocycles. The second kappa shape index (κ2) is 5.96. The molecule has 0 fully saturated rings. The summed E-state index contributed by atoms with van der Waals surface area (Å²) < 4.78 is 12.1. The molecule has 1 aromatic carbocycles. The fraction of sp³-hybridized carbons (Fsp3) is 0.286. The van der Waals surface area contributed by atoms with Crippen LogP contribution < -0.4 is 14.9 Å². The molecule has 20 heavy (non-hydrogen) atoms. The van der Waals surface area contributed by atoms with E-state index < -0.39 is 0 Å². The number of methoxy groups -OCH3 is 2. The molecule has 2 aromatic rings. The maximum atomic E-state index is 11.7. The molecule has 0 bridgehead atoms. The molecule has 0 atom stereocenters. The van der Waals surface area contributed by atoms with Crippen molar-refractivity contribution in [2.45, 2.75) is 12.8 Å². The smallest absolute Gasteiger partial charge is 0.204 e. The number of alkyl halides is 1. The predicted molar refractivity (Wildman–Crippen MR) is 77.2 cm³/mol. The van der Waals surface area contributed by atoms with Crippen LogP contribution in [0.2, 0.25) is 0 Å². The van der Waals surface area contributed by atoms with Crippen LogP contribution in [0.25, 0.3) is 5.69 Å². The summed E-state index contributed by atoms with van der Waals surface area (Å²) in [6, 6.07) is 6.93. The normalized spacial score (nSPS) is 10.4. The van der Waals surface area contributed by atoms with Crippen molar-refractivity contribution in [1.29, 1.82) is 0 Å². The number of aromatic nitrogens is 2. The number of rotatable bonds is 4. The molecule has 0 saturated carbocycles. The summed E-state index contributed by atoms with van der Waals surface area (Å²) in [5.41, 5.74) is 1.64. The molecule has 0 unspecified atom stereocenters. The lowest BCUT2D eigenvalue weighted by molar-refractivity contribution is 0.354. The number of aryl methyl sites for hydroxylation is 1. The van der Waals surface area contributed by atoms with Gasteiger partial charge >= 0.3 is 0 Å². The van der Waals surface area contributed by atoms with Crippen LogP contribution in [0.5, 0.6) is 11.5 Å². The number of ether oxygens (including phenoxy) is 2. The van der Waals surface area contributed by atoms with E-state index in [0.717, 1.165) is 11.4 Å². The molecule has 1 aromatic heterocycles. The van der Waals surface area contributed by atoms with Crippen LogP contribution in [0.4, 0.5) is 0 Å². The van der Waals surface area contributed by atoms with Gasteiger partial charge in [0.2, 0.25) is 5.43 Å². The largest absolute Gasteiger partial charge is 0.493 e. The Bertz CT molecular complexity index is 683. The molecule has 0 N–H and O–H groups in total. The average molecular weight is 295 g/mol. The number of benzene rings is 1. The van der Waals surface area contributed by atoms with Gasteiger partial charge in [0.1, 0.15) is 5.69 Å². The Hall–Kier alpha value is -2.01. The zero-order valence-corrected chi connectivity index (χ0v) is 12.3. The second-order valence-electron chi connectivity index (χ2n) is 4.18. The summed E-state index contributed by atoms with van der Waals surface area (Å²) in [4.78, 5) is 11.7. The first-order chi connectivity index (χ1) is 9.60. The van der Waals surface area contributed by atoms with E-state index in [1.807, 2.05) is 13.0 Å². The van der Waals surface area contributed by atoms with Gasteiger partial charge in [-0.25, -0.2) is 4.68 Å². The third-order valence-corrected chi connectivity index (χ3v) is 3.17. The van der Waals surface area contributed by atoms with Crippen molar-refractivity contribution in [2.24, 2.45) is 0 Å². The van der Waals surface area contributed by atoms with Gasteiger partial charge in [-0.1, -0.05) is 0 Å². The van der Waals surface area contributed by atoms with Gasteiger partial charge in [-0.2, -0.15) is 5.10 Å². The highest BCUT2D eigenvalue weighted by Gasteiger charge is 2.10. The fourth-order valence-corrected chi connectivity index (χ4v) is 2.08. The molecule has 2 rings (SSSR count). The molecule has 5 nitrogen and oxygen atoms in total. The van der Waals surface area contributed by atoms with Gasteiger partial charge in [-0.05, 0) is 19.1 Å². The lowest BCUT2D eigenvalue weighted by Crippen LogP contribution is -2.17. The molecule has 0 aliphatic carbocycles. The maximum Gasteiger partial charge on any atom is 0.204 e. The van der Waals surface area contributed by atoms with Crippen molar-refractivity contribution >= 4 is 11.6 Å².